The van der Waals surface area contributed by atoms with Crippen LogP contribution in [-0.2, 0) is 16.6 Å². The molecule has 0 saturated heterocycles. The summed E-state index contributed by atoms with van der Waals surface area (Å²) in [6.45, 7) is 1.36. The Morgan fingerprint density at radius 3 is 2.37 bits per heavy atom. The molecule has 30 heavy (non-hydrogen) atoms. The number of anilines is 2. The van der Waals surface area contributed by atoms with Gasteiger partial charge < -0.3 is 14.5 Å². The fourth-order valence-electron chi connectivity index (χ4n) is 3.64. The molecule has 3 heterocycles. The molecule has 0 unspecified atom stereocenters. The van der Waals surface area contributed by atoms with Crippen molar-refractivity contribution in [1.82, 2.24) is 9.78 Å². The molecule has 0 bridgehead atoms. The van der Waals surface area contributed by atoms with E-state index in [2.05, 4.69) is 5.10 Å². The number of para-hydroxylation sites is 2. The zero-order chi connectivity index (χ0) is 21.6. The second-order valence-corrected chi connectivity index (χ2v) is 7.99. The molecule has 0 radical (unpaired) electrons. The number of rotatable bonds is 4. The third-order valence-electron chi connectivity index (χ3n) is 5.09. The van der Waals surface area contributed by atoms with Crippen molar-refractivity contribution >= 4 is 44.7 Å². The summed E-state index contributed by atoms with van der Waals surface area (Å²) in [6, 6.07) is 11.3. The lowest BCUT2D eigenvalue weighted by atomic mass is 10.2. The van der Waals surface area contributed by atoms with Gasteiger partial charge in [0.1, 0.15) is 27.2 Å². The van der Waals surface area contributed by atoms with Gasteiger partial charge in [0.25, 0.3) is 0 Å². The van der Waals surface area contributed by atoms with Crippen LogP contribution in [0.5, 0.6) is 0 Å². The van der Waals surface area contributed by atoms with Crippen LogP contribution in [-0.4, -0.2) is 42.2 Å². The smallest absolute Gasteiger partial charge is 0.348 e. The van der Waals surface area contributed by atoms with Crippen molar-refractivity contribution < 1.29 is 14.3 Å². The van der Waals surface area contributed by atoms with E-state index in [1.54, 1.807) is 34.6 Å². The molecule has 0 N–H and O–H groups in total. The van der Waals surface area contributed by atoms with Gasteiger partial charge in [-0.25, -0.2) is 4.79 Å². The Kier molecular flexibility index (Phi) is 4.79. The molecule has 1 aliphatic heterocycles. The van der Waals surface area contributed by atoms with Gasteiger partial charge in [-0.1, -0.05) is 12.1 Å². The molecule has 1 aromatic carbocycles. The number of nitriles is 1. The third-order valence-corrected chi connectivity index (χ3v) is 6.27. The highest BCUT2D eigenvalue weighted by atomic mass is 32.1. The highest BCUT2D eigenvalue weighted by Gasteiger charge is 2.31. The van der Waals surface area contributed by atoms with Crippen LogP contribution in [0.25, 0.3) is 10.2 Å². The summed E-state index contributed by atoms with van der Waals surface area (Å²) in [7, 11) is 5.40. The number of ketones is 1. The summed E-state index contributed by atoms with van der Waals surface area (Å²) in [5, 5.41) is 14.8. The molecular weight excluding hydrogens is 402 g/mol. The van der Waals surface area contributed by atoms with E-state index in [-0.39, 0.29) is 5.57 Å². The van der Waals surface area contributed by atoms with Gasteiger partial charge in [0.05, 0.1) is 17.1 Å². The van der Waals surface area contributed by atoms with E-state index in [0.29, 0.717) is 10.7 Å². The SMILES string of the molecule is Cc1nn(C)c2sc(C(=O)OCC(=O)C(C#N)=C3N(C)c4ccccc4N3C)cc12. The summed E-state index contributed by atoms with van der Waals surface area (Å²) in [6.07, 6.45) is 0. The highest BCUT2D eigenvalue weighted by molar-refractivity contribution is 7.20. The first-order chi connectivity index (χ1) is 14.3. The number of aryl methyl sites for hydroxylation is 2. The average molecular weight is 421 g/mol. The maximum atomic E-state index is 12.7. The average Bonchev–Trinajstić information content (AvgIpc) is 3.37. The second kappa shape index (κ2) is 7.31. The Bertz CT molecular complexity index is 1200. The van der Waals surface area contributed by atoms with E-state index in [0.717, 1.165) is 27.3 Å². The molecule has 0 atom stereocenters. The molecule has 152 valence electrons. The normalized spacial score (nSPS) is 12.8. The van der Waals surface area contributed by atoms with E-state index >= 15 is 0 Å². The number of ether oxygens (including phenoxy) is 1. The number of carbonyl (C=O) groups excluding carboxylic acids is 2. The van der Waals surface area contributed by atoms with Crippen LogP contribution in [0.15, 0.2) is 41.7 Å². The van der Waals surface area contributed by atoms with Crippen LogP contribution in [0.2, 0.25) is 0 Å². The summed E-state index contributed by atoms with van der Waals surface area (Å²) in [5.74, 6) is -0.683. The van der Waals surface area contributed by atoms with E-state index in [1.807, 2.05) is 44.3 Å². The van der Waals surface area contributed by atoms with Crippen LogP contribution in [0, 0.1) is 18.3 Å². The van der Waals surface area contributed by atoms with E-state index < -0.39 is 18.4 Å². The number of esters is 1. The number of aromatic nitrogens is 2. The van der Waals surface area contributed by atoms with Crippen molar-refractivity contribution in [2.75, 3.05) is 30.5 Å². The largest absolute Gasteiger partial charge is 0.453 e. The number of hydrogen-bond acceptors (Lipinski definition) is 8. The first-order valence-electron chi connectivity index (χ1n) is 9.17. The van der Waals surface area contributed by atoms with Gasteiger partial charge >= 0.3 is 5.97 Å². The van der Waals surface area contributed by atoms with Crippen LogP contribution >= 0.6 is 11.3 Å². The minimum absolute atomic E-state index is 0.0552. The Morgan fingerprint density at radius 1 is 1.17 bits per heavy atom. The van der Waals surface area contributed by atoms with E-state index in [4.69, 9.17) is 4.74 Å². The lowest BCUT2D eigenvalue weighted by Crippen LogP contribution is -2.27. The second-order valence-electron chi connectivity index (χ2n) is 6.95. The Labute approximate surface area is 177 Å². The first kappa shape index (κ1) is 19.7. The molecule has 3 aromatic rings. The number of thiophene rings is 1. The van der Waals surface area contributed by atoms with Gasteiger partial charge in [-0.3, -0.25) is 9.48 Å². The molecule has 8 nitrogen and oxygen atoms in total. The predicted octanol–water partition coefficient (Wildman–Crippen LogP) is 2.99. The van der Waals surface area contributed by atoms with Gasteiger partial charge in [0, 0.05) is 26.5 Å². The van der Waals surface area contributed by atoms with Gasteiger partial charge in [-0.2, -0.15) is 10.4 Å². The molecule has 0 saturated carbocycles. The van der Waals surface area contributed by atoms with Crippen molar-refractivity contribution in [3.8, 4) is 6.07 Å². The number of nitrogens with zero attached hydrogens (tertiary/aromatic N) is 5. The van der Waals surface area contributed by atoms with E-state index in [1.165, 1.54) is 11.3 Å². The van der Waals surface area contributed by atoms with Crippen LogP contribution in [0.4, 0.5) is 11.4 Å². The lowest BCUT2D eigenvalue weighted by molar-refractivity contribution is -0.118. The molecular formula is C21H19N5O3S. The fourth-order valence-corrected chi connectivity index (χ4v) is 4.65. The minimum Gasteiger partial charge on any atom is -0.453 e. The standard InChI is InChI=1S/C21H19N5O3S/c1-12-13-9-18(30-20(13)26(4)23-12)21(28)29-11-17(27)14(10-22)19-24(2)15-7-5-6-8-16(15)25(19)3/h5-9H,11H2,1-4H3. The van der Waals surface area contributed by atoms with Crippen molar-refractivity contribution in [1.29, 1.82) is 5.26 Å². The quantitative estimate of drug-likeness (QED) is 0.363. The van der Waals surface area contributed by atoms with Crippen molar-refractivity contribution in [2.45, 2.75) is 6.92 Å². The maximum Gasteiger partial charge on any atom is 0.348 e. The fraction of sp³-hybridized carbons (Fsp3) is 0.238. The van der Waals surface area contributed by atoms with Crippen molar-refractivity contribution in [3.05, 3.63) is 52.3 Å². The maximum absolute atomic E-state index is 12.7. The number of benzene rings is 1. The van der Waals surface area contributed by atoms with Gasteiger partial charge in [-0.05, 0) is 25.1 Å². The summed E-state index contributed by atoms with van der Waals surface area (Å²) < 4.78 is 6.94. The summed E-state index contributed by atoms with van der Waals surface area (Å²) in [4.78, 5) is 30.0. The molecule has 0 aliphatic carbocycles. The monoisotopic (exact) mass is 421 g/mol. The predicted molar refractivity (Wildman–Crippen MR) is 115 cm³/mol. The molecule has 9 heteroatoms. The van der Waals surface area contributed by atoms with Gasteiger partial charge in [0.2, 0.25) is 5.78 Å². The Balaban J connectivity index is 1.54. The zero-order valence-corrected chi connectivity index (χ0v) is 17.8. The zero-order valence-electron chi connectivity index (χ0n) is 17.0. The molecule has 1 aliphatic rings. The summed E-state index contributed by atoms with van der Waals surface area (Å²) in [5.41, 5.74) is 2.55. The number of hydrogen-bond donors (Lipinski definition) is 0. The highest BCUT2D eigenvalue weighted by Crippen LogP contribution is 2.40. The van der Waals surface area contributed by atoms with Crippen LogP contribution in [0.1, 0.15) is 15.4 Å². The topological polar surface area (TPSA) is 91.5 Å². The number of fused-ring (bicyclic) bond motifs is 2. The van der Waals surface area contributed by atoms with E-state index in [9.17, 15) is 14.9 Å². The lowest BCUT2D eigenvalue weighted by Gasteiger charge is -2.19. The van der Waals surface area contributed by atoms with Crippen molar-refractivity contribution in [3.63, 3.8) is 0 Å². The molecule has 0 amide bonds. The van der Waals surface area contributed by atoms with Gasteiger partial charge in [-0.15, -0.1) is 11.3 Å². The molecule has 0 spiro atoms. The van der Waals surface area contributed by atoms with Crippen LogP contribution < -0.4 is 9.80 Å². The number of carbonyl (C=O) groups is 2. The summed E-state index contributed by atoms with van der Waals surface area (Å²) >= 11 is 1.26. The Hall–Kier alpha value is -3.64. The molecule has 2 aromatic heterocycles. The molecule has 4 rings (SSSR count). The number of Topliss-reactive ketones (excluding diaryl/α,β-unsaturated/α-hetero) is 1. The molecule has 0 fully saturated rings. The van der Waals surface area contributed by atoms with Crippen LogP contribution in [0.3, 0.4) is 0 Å². The minimum atomic E-state index is -0.595. The first-order valence-corrected chi connectivity index (χ1v) is 9.99. The van der Waals surface area contributed by atoms with Crippen molar-refractivity contribution in [2.24, 2.45) is 7.05 Å². The Morgan fingerprint density at radius 2 is 1.80 bits per heavy atom. The van der Waals surface area contributed by atoms with Gasteiger partial charge in [0.15, 0.2) is 6.61 Å². The third kappa shape index (κ3) is 3.02.